The minimum Gasteiger partial charge on any atom is -0.338 e. The highest BCUT2D eigenvalue weighted by molar-refractivity contribution is 5.99. The average Bonchev–Trinajstić information content (AvgIpc) is 3.20. The van der Waals surface area contributed by atoms with E-state index in [0.717, 1.165) is 24.2 Å². The van der Waals surface area contributed by atoms with Crippen LogP contribution in [0.2, 0.25) is 0 Å². The Morgan fingerprint density at radius 1 is 1.26 bits per heavy atom. The lowest BCUT2D eigenvalue weighted by Gasteiger charge is -2.39. The summed E-state index contributed by atoms with van der Waals surface area (Å²) in [6.45, 7) is 7.11. The van der Waals surface area contributed by atoms with Crippen LogP contribution >= 0.6 is 0 Å². The van der Waals surface area contributed by atoms with E-state index in [1.54, 1.807) is 30.5 Å². The molecule has 1 aromatic heterocycles. The van der Waals surface area contributed by atoms with Gasteiger partial charge in [0, 0.05) is 25.2 Å². The summed E-state index contributed by atoms with van der Waals surface area (Å²) in [6.07, 6.45) is 2.91. The Kier molecular flexibility index (Phi) is 6.90. The van der Waals surface area contributed by atoms with Crippen molar-refractivity contribution in [3.8, 4) is 0 Å². The Hall–Kier alpha value is -3.00. The number of urea groups is 1. The Labute approximate surface area is 182 Å². The second-order valence-corrected chi connectivity index (χ2v) is 8.46. The molecule has 0 radical (unpaired) electrons. The summed E-state index contributed by atoms with van der Waals surface area (Å²) in [5.41, 5.74) is 1.91. The van der Waals surface area contributed by atoms with Crippen LogP contribution < -0.4 is 16.0 Å². The van der Waals surface area contributed by atoms with Gasteiger partial charge in [-0.1, -0.05) is 19.9 Å². The molecule has 3 rings (SSSR count). The minimum absolute atomic E-state index is 0.0789. The lowest BCUT2D eigenvalue weighted by molar-refractivity contribution is -0.138. The van der Waals surface area contributed by atoms with Crippen molar-refractivity contribution in [2.45, 2.75) is 39.2 Å². The number of anilines is 2. The molecule has 3 amide bonds. The van der Waals surface area contributed by atoms with Crippen LogP contribution in [0.4, 0.5) is 20.6 Å². The third kappa shape index (κ3) is 5.38. The van der Waals surface area contributed by atoms with Crippen LogP contribution in [-0.2, 0) is 11.2 Å². The Morgan fingerprint density at radius 3 is 2.65 bits per heavy atom. The zero-order valence-electron chi connectivity index (χ0n) is 18.5. The number of aryl methyl sites for hydroxylation is 1. The number of likely N-dealkylation sites (N-methyl/N-ethyl adjacent to an activating group) is 1. The molecule has 166 valence electrons. The number of halogens is 1. The van der Waals surface area contributed by atoms with Crippen LogP contribution in [0.25, 0.3) is 0 Å². The zero-order chi connectivity index (χ0) is 22.6. The van der Waals surface area contributed by atoms with Crippen molar-refractivity contribution in [3.63, 3.8) is 0 Å². The monoisotopic (exact) mass is 427 g/mol. The number of nitrogens with one attached hydrogen (secondary N) is 3. The molecule has 2 heterocycles. The second-order valence-electron chi connectivity index (χ2n) is 8.46. The molecule has 1 aromatic carbocycles. The van der Waals surface area contributed by atoms with Crippen LogP contribution in [0, 0.1) is 18.7 Å². The van der Waals surface area contributed by atoms with Gasteiger partial charge in [-0.05, 0) is 56.1 Å². The highest BCUT2D eigenvalue weighted by atomic mass is 19.1. The first-order valence-electron chi connectivity index (χ1n) is 10.5. The Morgan fingerprint density at radius 2 is 2.03 bits per heavy atom. The molecule has 0 saturated carbocycles. The highest BCUT2D eigenvalue weighted by Gasteiger charge is 2.40. The van der Waals surface area contributed by atoms with E-state index in [1.807, 2.05) is 32.7 Å². The quantitative estimate of drug-likeness (QED) is 0.658. The summed E-state index contributed by atoms with van der Waals surface area (Å²) >= 11 is 0. The lowest BCUT2D eigenvalue weighted by atomic mass is 9.87. The molecule has 1 aliphatic heterocycles. The Bertz CT molecular complexity index is 939. The molecule has 0 bridgehead atoms. The molecule has 1 atom stereocenters. The first-order chi connectivity index (χ1) is 14.7. The van der Waals surface area contributed by atoms with Crippen molar-refractivity contribution < 1.29 is 14.0 Å². The molecule has 2 aromatic rings. The fourth-order valence-electron chi connectivity index (χ4n) is 3.89. The topological polar surface area (TPSA) is 86.4 Å². The van der Waals surface area contributed by atoms with Gasteiger partial charge in [0.25, 0.3) is 0 Å². The first kappa shape index (κ1) is 22.7. The molecule has 1 fully saturated rings. The third-order valence-corrected chi connectivity index (χ3v) is 5.74. The van der Waals surface area contributed by atoms with E-state index in [9.17, 15) is 14.0 Å². The van der Waals surface area contributed by atoms with E-state index in [2.05, 4.69) is 20.9 Å². The van der Waals surface area contributed by atoms with Crippen LogP contribution in [0.5, 0.6) is 0 Å². The molecule has 0 unspecified atom stereocenters. The second kappa shape index (κ2) is 9.43. The zero-order valence-corrected chi connectivity index (χ0v) is 18.5. The number of benzene rings is 1. The summed E-state index contributed by atoms with van der Waals surface area (Å²) < 4.78 is 14.4. The smallest absolute Gasteiger partial charge is 0.323 e. The van der Waals surface area contributed by atoms with E-state index in [1.165, 1.54) is 6.07 Å². The van der Waals surface area contributed by atoms with Crippen molar-refractivity contribution in [1.29, 1.82) is 0 Å². The van der Waals surface area contributed by atoms with E-state index >= 15 is 0 Å². The van der Waals surface area contributed by atoms with Gasteiger partial charge in [-0.3, -0.25) is 9.78 Å². The van der Waals surface area contributed by atoms with Gasteiger partial charge in [0.15, 0.2) is 0 Å². The highest BCUT2D eigenvalue weighted by Crippen LogP contribution is 2.29. The van der Waals surface area contributed by atoms with E-state index < -0.39 is 11.8 Å². The summed E-state index contributed by atoms with van der Waals surface area (Å²) in [7, 11) is 1.83. The van der Waals surface area contributed by atoms with Gasteiger partial charge in [0.2, 0.25) is 5.91 Å². The summed E-state index contributed by atoms with van der Waals surface area (Å²) in [5, 5.41) is 8.56. The molecule has 1 aliphatic rings. The molecular weight excluding hydrogens is 397 g/mol. The van der Waals surface area contributed by atoms with Gasteiger partial charge >= 0.3 is 6.03 Å². The molecule has 7 nitrogen and oxygen atoms in total. The number of hydrogen-bond donors (Lipinski definition) is 3. The van der Waals surface area contributed by atoms with E-state index in [4.69, 9.17) is 0 Å². The van der Waals surface area contributed by atoms with Crippen molar-refractivity contribution in [3.05, 3.63) is 53.6 Å². The number of hydrogen-bond acceptors (Lipinski definition) is 4. The van der Waals surface area contributed by atoms with Crippen LogP contribution in [0.15, 0.2) is 36.5 Å². The fourth-order valence-corrected chi connectivity index (χ4v) is 3.89. The maximum atomic E-state index is 14.4. The number of carbonyl (C=O) groups excluding carboxylic acids is 2. The van der Waals surface area contributed by atoms with Crippen molar-refractivity contribution in [2.75, 3.05) is 30.8 Å². The average molecular weight is 428 g/mol. The van der Waals surface area contributed by atoms with Crippen LogP contribution in [0.1, 0.15) is 31.5 Å². The molecule has 3 N–H and O–H groups in total. The van der Waals surface area contributed by atoms with E-state index in [0.29, 0.717) is 18.7 Å². The number of amides is 3. The number of rotatable bonds is 6. The van der Waals surface area contributed by atoms with E-state index in [-0.39, 0.29) is 23.1 Å². The third-order valence-electron chi connectivity index (χ3n) is 5.74. The van der Waals surface area contributed by atoms with Crippen LogP contribution in [0.3, 0.4) is 0 Å². The molecule has 0 aliphatic carbocycles. The summed E-state index contributed by atoms with van der Waals surface area (Å²) in [6, 6.07) is 7.64. The minimum atomic E-state index is -0.550. The normalized spacial score (nSPS) is 18.1. The molecular formula is C23H30FN5O2. The Balaban J connectivity index is 1.75. The number of carbonyl (C=O) groups is 2. The molecule has 0 spiro atoms. The largest absolute Gasteiger partial charge is 0.338 e. The number of aromatic nitrogens is 1. The summed E-state index contributed by atoms with van der Waals surface area (Å²) in [5.74, 6) is -0.547. The van der Waals surface area contributed by atoms with Crippen molar-refractivity contribution >= 4 is 23.3 Å². The van der Waals surface area contributed by atoms with Gasteiger partial charge in [-0.2, -0.15) is 0 Å². The fraction of sp³-hybridized carbons (Fsp3) is 0.435. The van der Waals surface area contributed by atoms with Crippen molar-refractivity contribution in [1.82, 2.24) is 15.2 Å². The van der Waals surface area contributed by atoms with Gasteiger partial charge in [0.05, 0.1) is 23.1 Å². The summed E-state index contributed by atoms with van der Waals surface area (Å²) in [4.78, 5) is 30.9. The molecule has 8 heteroatoms. The maximum absolute atomic E-state index is 14.4. The number of nitrogens with zero attached hydrogens (tertiary/aromatic N) is 2. The van der Waals surface area contributed by atoms with Gasteiger partial charge in [-0.25, -0.2) is 9.18 Å². The van der Waals surface area contributed by atoms with Gasteiger partial charge in [-0.15, -0.1) is 0 Å². The maximum Gasteiger partial charge on any atom is 0.323 e. The first-order valence-corrected chi connectivity index (χ1v) is 10.5. The van der Waals surface area contributed by atoms with Gasteiger partial charge in [0.1, 0.15) is 5.82 Å². The molecule has 1 saturated heterocycles. The lowest BCUT2D eigenvalue weighted by Crippen LogP contribution is -2.53. The van der Waals surface area contributed by atoms with Crippen molar-refractivity contribution in [2.24, 2.45) is 5.92 Å². The molecule has 31 heavy (non-hydrogen) atoms. The predicted molar refractivity (Wildman–Crippen MR) is 120 cm³/mol. The predicted octanol–water partition coefficient (Wildman–Crippen LogP) is 3.56. The SMILES string of the molecule is Cc1ccc(NC(=O)Nc2cc(C[C@]3(N(C)C(=O)C(C)C)CCNC3)ccc2F)cn1. The standard InChI is InChI=1S/C23H30FN5O2/c1-15(2)21(30)29(4)23(9-10-25-14-23)12-17-6-8-19(24)20(11-17)28-22(31)27-18-7-5-16(3)26-13-18/h5-8,11,13,15,25H,9-10,12,14H2,1-4H3,(H2,27,28,31)/t23-/m1/s1. The van der Waals surface area contributed by atoms with Crippen LogP contribution in [-0.4, -0.2) is 47.5 Å². The number of pyridine rings is 1. The van der Waals surface area contributed by atoms with Gasteiger partial charge < -0.3 is 20.9 Å².